The number of benzene rings is 1. The second kappa shape index (κ2) is 12.1. The van der Waals surface area contributed by atoms with E-state index in [2.05, 4.69) is 17.1 Å². The van der Waals surface area contributed by atoms with Crippen LogP contribution in [-0.2, 0) is 20.0 Å². The molecule has 0 saturated carbocycles. The molecule has 0 spiro atoms. The van der Waals surface area contributed by atoms with Crippen molar-refractivity contribution in [1.29, 1.82) is 0 Å². The first-order valence-corrected chi connectivity index (χ1v) is 9.37. The van der Waals surface area contributed by atoms with Crippen LogP contribution in [0.2, 0.25) is 5.02 Å². The van der Waals surface area contributed by atoms with E-state index in [-0.39, 0.29) is 24.0 Å². The minimum atomic E-state index is 0. The molecule has 0 radical (unpaired) electrons. The summed E-state index contributed by atoms with van der Waals surface area (Å²) >= 11 is 6.08. The summed E-state index contributed by atoms with van der Waals surface area (Å²) in [4.78, 5) is 6.86. The summed E-state index contributed by atoms with van der Waals surface area (Å²) in [5.74, 6) is 2.35. The number of nitrogens with zero attached hydrogens (tertiary/aromatic N) is 3. The molecule has 0 bridgehead atoms. The molecule has 2 aromatic rings. The number of aliphatic imine (C=N–C) groups is 1. The Morgan fingerprint density at radius 3 is 2.50 bits per heavy atom. The molecule has 8 heteroatoms. The highest BCUT2D eigenvalue weighted by Crippen LogP contribution is 2.27. The maximum Gasteiger partial charge on any atom is 0.194 e. The molecule has 0 aliphatic heterocycles. The topological polar surface area (TPSA) is 51.0 Å². The maximum atomic E-state index is 6.08. The number of aryl methyl sites for hydroxylation is 1. The number of hydrogen-bond donors (Lipinski definition) is 1. The van der Waals surface area contributed by atoms with Gasteiger partial charge in [-0.2, -0.15) is 0 Å². The zero-order valence-corrected chi connectivity index (χ0v) is 20.2. The number of halogens is 2. The van der Waals surface area contributed by atoms with E-state index in [4.69, 9.17) is 26.1 Å². The molecule has 0 atom stereocenters. The van der Waals surface area contributed by atoms with Gasteiger partial charge in [-0.3, -0.25) is 4.99 Å². The van der Waals surface area contributed by atoms with Gasteiger partial charge in [0.1, 0.15) is 0 Å². The number of hydrogen-bond acceptors (Lipinski definition) is 3. The molecule has 1 heterocycles. The number of methoxy groups -OCH3 is 2. The van der Waals surface area contributed by atoms with Gasteiger partial charge < -0.3 is 24.3 Å². The fraction of sp³-hybridized carbons (Fsp3) is 0.450. The van der Waals surface area contributed by atoms with Crippen LogP contribution in [-0.4, -0.2) is 49.8 Å². The molecule has 6 nitrogen and oxygen atoms in total. The van der Waals surface area contributed by atoms with Crippen molar-refractivity contribution >= 4 is 41.5 Å². The zero-order chi connectivity index (χ0) is 19.8. The van der Waals surface area contributed by atoms with Crippen LogP contribution in [0.4, 0.5) is 0 Å². The fourth-order valence-electron chi connectivity index (χ4n) is 2.84. The molecule has 156 valence electrons. The van der Waals surface area contributed by atoms with Gasteiger partial charge in [-0.25, -0.2) is 0 Å². The van der Waals surface area contributed by atoms with E-state index in [1.807, 2.05) is 49.1 Å². The maximum absolute atomic E-state index is 6.08. The summed E-state index contributed by atoms with van der Waals surface area (Å²) in [6, 6.07) is 7.94. The molecule has 1 N–H and O–H groups in total. The van der Waals surface area contributed by atoms with Gasteiger partial charge in [0.2, 0.25) is 0 Å². The summed E-state index contributed by atoms with van der Waals surface area (Å²) in [6.07, 6.45) is 2.73. The van der Waals surface area contributed by atoms with Crippen molar-refractivity contribution in [3.63, 3.8) is 0 Å². The molecular weight excluding hydrogens is 491 g/mol. The SMILES string of the molecule is CCNC(=NCCc1ccc(OC)c(OC)c1)N(C)Cc1cc(Cl)cn1C.I. The van der Waals surface area contributed by atoms with E-state index >= 15 is 0 Å². The molecule has 28 heavy (non-hydrogen) atoms. The Morgan fingerprint density at radius 2 is 1.93 bits per heavy atom. The Bertz CT molecular complexity index is 780. The highest BCUT2D eigenvalue weighted by Gasteiger charge is 2.10. The van der Waals surface area contributed by atoms with Crippen molar-refractivity contribution in [3.8, 4) is 11.5 Å². The third-order valence-electron chi connectivity index (χ3n) is 4.28. The first-order valence-electron chi connectivity index (χ1n) is 8.99. The molecule has 1 aromatic carbocycles. The van der Waals surface area contributed by atoms with Gasteiger partial charge >= 0.3 is 0 Å². The lowest BCUT2D eigenvalue weighted by Gasteiger charge is -2.22. The van der Waals surface area contributed by atoms with Gasteiger partial charge in [0.15, 0.2) is 17.5 Å². The van der Waals surface area contributed by atoms with E-state index in [0.29, 0.717) is 6.54 Å². The van der Waals surface area contributed by atoms with Crippen LogP contribution in [0.15, 0.2) is 35.5 Å². The van der Waals surface area contributed by atoms with Gasteiger partial charge in [-0.1, -0.05) is 17.7 Å². The summed E-state index contributed by atoms with van der Waals surface area (Å²) in [5, 5.41) is 4.09. The van der Waals surface area contributed by atoms with Crippen LogP contribution in [0, 0.1) is 0 Å². The number of ether oxygens (including phenoxy) is 2. The number of nitrogens with one attached hydrogen (secondary N) is 1. The second-order valence-corrected chi connectivity index (χ2v) is 6.73. The van der Waals surface area contributed by atoms with Crippen molar-refractivity contribution in [2.45, 2.75) is 19.9 Å². The smallest absolute Gasteiger partial charge is 0.194 e. The highest BCUT2D eigenvalue weighted by molar-refractivity contribution is 14.0. The average molecular weight is 521 g/mol. The van der Waals surface area contributed by atoms with Gasteiger partial charge in [0.05, 0.1) is 25.8 Å². The molecule has 0 fully saturated rings. The van der Waals surface area contributed by atoms with Crippen LogP contribution in [0.1, 0.15) is 18.2 Å². The summed E-state index contributed by atoms with van der Waals surface area (Å²) in [7, 11) is 7.31. The standard InChI is InChI=1S/C20H29ClN4O2.HI/c1-6-22-20(25(3)14-17-12-16(21)13-24(17)2)23-10-9-15-7-8-18(26-4)19(11-15)27-5;/h7-8,11-13H,6,9-10,14H2,1-5H3,(H,22,23);1H. The van der Waals surface area contributed by atoms with Crippen molar-refractivity contribution in [1.82, 2.24) is 14.8 Å². The van der Waals surface area contributed by atoms with E-state index < -0.39 is 0 Å². The Morgan fingerprint density at radius 1 is 1.21 bits per heavy atom. The van der Waals surface area contributed by atoms with E-state index in [0.717, 1.165) is 53.2 Å². The van der Waals surface area contributed by atoms with Crippen molar-refractivity contribution in [3.05, 3.63) is 46.7 Å². The monoisotopic (exact) mass is 520 g/mol. The molecule has 2 rings (SSSR count). The van der Waals surface area contributed by atoms with Gasteiger partial charge in [-0.15, -0.1) is 24.0 Å². The van der Waals surface area contributed by atoms with E-state index in [1.165, 1.54) is 0 Å². The average Bonchev–Trinajstić information content (AvgIpc) is 2.97. The van der Waals surface area contributed by atoms with Crippen LogP contribution in [0.25, 0.3) is 0 Å². The molecule has 0 unspecified atom stereocenters. The van der Waals surface area contributed by atoms with Crippen molar-refractivity contribution in [2.75, 3.05) is 34.4 Å². The van der Waals surface area contributed by atoms with Crippen LogP contribution in [0.3, 0.4) is 0 Å². The number of aromatic nitrogens is 1. The van der Waals surface area contributed by atoms with Crippen LogP contribution in [0.5, 0.6) is 11.5 Å². The lowest BCUT2D eigenvalue weighted by Crippen LogP contribution is -2.39. The number of rotatable bonds is 8. The Balaban J connectivity index is 0.00000392. The van der Waals surface area contributed by atoms with Crippen molar-refractivity contribution in [2.24, 2.45) is 12.0 Å². The fourth-order valence-corrected chi connectivity index (χ4v) is 3.11. The van der Waals surface area contributed by atoms with E-state index in [1.54, 1.807) is 14.2 Å². The van der Waals surface area contributed by atoms with Gasteiger partial charge in [0.25, 0.3) is 0 Å². The summed E-state index contributed by atoms with van der Waals surface area (Å²) in [6.45, 7) is 4.28. The third kappa shape index (κ3) is 6.77. The summed E-state index contributed by atoms with van der Waals surface area (Å²) < 4.78 is 12.7. The molecule has 0 aliphatic carbocycles. The normalized spacial score (nSPS) is 11.0. The van der Waals surface area contributed by atoms with Gasteiger partial charge in [0, 0.05) is 39.1 Å². The van der Waals surface area contributed by atoms with Crippen molar-refractivity contribution < 1.29 is 9.47 Å². The minimum Gasteiger partial charge on any atom is -0.493 e. The molecule has 0 amide bonds. The lowest BCUT2D eigenvalue weighted by molar-refractivity contribution is 0.354. The largest absolute Gasteiger partial charge is 0.493 e. The number of guanidine groups is 1. The predicted octanol–water partition coefficient (Wildman–Crippen LogP) is 3.95. The third-order valence-corrected chi connectivity index (χ3v) is 4.49. The molecular formula is C20H30ClIN4O2. The Hall–Kier alpha value is -1.61. The van der Waals surface area contributed by atoms with Gasteiger partial charge in [-0.05, 0) is 37.1 Å². The van der Waals surface area contributed by atoms with E-state index in [9.17, 15) is 0 Å². The molecule has 1 aromatic heterocycles. The van der Waals surface area contributed by atoms with Crippen LogP contribution < -0.4 is 14.8 Å². The highest BCUT2D eigenvalue weighted by atomic mass is 127. The molecule has 0 aliphatic rings. The summed E-state index contributed by atoms with van der Waals surface area (Å²) in [5.41, 5.74) is 2.29. The Labute approximate surface area is 189 Å². The molecule has 0 saturated heterocycles. The predicted molar refractivity (Wildman–Crippen MR) is 127 cm³/mol. The minimum absolute atomic E-state index is 0. The van der Waals surface area contributed by atoms with Crippen LogP contribution >= 0.6 is 35.6 Å². The lowest BCUT2D eigenvalue weighted by atomic mass is 10.1. The first kappa shape index (κ1) is 24.4. The first-order chi connectivity index (χ1) is 13.0. The Kier molecular flexibility index (Phi) is 10.5. The second-order valence-electron chi connectivity index (χ2n) is 6.29. The quantitative estimate of drug-likeness (QED) is 0.325. The zero-order valence-electron chi connectivity index (χ0n) is 17.2.